The van der Waals surface area contributed by atoms with Gasteiger partial charge in [-0.2, -0.15) is 18.3 Å². The molecule has 1 fully saturated rings. The van der Waals surface area contributed by atoms with Crippen LogP contribution in [-0.4, -0.2) is 39.2 Å². The Bertz CT molecular complexity index is 771. The van der Waals surface area contributed by atoms with Crippen LogP contribution in [0, 0.1) is 0 Å². The number of aromatic nitrogens is 2. The van der Waals surface area contributed by atoms with E-state index < -0.39 is 11.9 Å². The number of carbonyl (C=O) groups is 1. The Morgan fingerprint density at radius 2 is 2.08 bits per heavy atom. The van der Waals surface area contributed by atoms with E-state index in [4.69, 9.17) is 5.73 Å². The molecule has 8 heteroatoms. The summed E-state index contributed by atoms with van der Waals surface area (Å²) in [6.07, 6.45) is -1.79. The van der Waals surface area contributed by atoms with Gasteiger partial charge in [-0.15, -0.1) is 0 Å². The Hall–Kier alpha value is -2.35. The molecular weight excluding hydrogens is 333 g/mol. The van der Waals surface area contributed by atoms with E-state index in [9.17, 15) is 18.0 Å². The van der Waals surface area contributed by atoms with Crippen LogP contribution in [0.3, 0.4) is 0 Å². The minimum atomic E-state index is -4.50. The molecule has 0 spiro atoms. The summed E-state index contributed by atoms with van der Waals surface area (Å²) in [5.74, 6) is -0.149. The van der Waals surface area contributed by atoms with Crippen LogP contribution in [0.4, 0.5) is 13.2 Å². The number of halogens is 3. The number of amides is 1. The van der Waals surface area contributed by atoms with E-state index in [1.165, 1.54) is 6.20 Å². The lowest BCUT2D eigenvalue weighted by molar-refractivity contribution is -0.141. The molecule has 1 aromatic heterocycles. The van der Waals surface area contributed by atoms with Crippen molar-refractivity contribution in [2.45, 2.75) is 38.0 Å². The second-order valence-electron chi connectivity index (χ2n) is 6.33. The Balaban J connectivity index is 1.84. The lowest BCUT2D eigenvalue weighted by Crippen LogP contribution is -2.48. The number of piperidine rings is 1. The van der Waals surface area contributed by atoms with Crippen molar-refractivity contribution >= 4 is 5.91 Å². The number of carbonyl (C=O) groups excluding carboxylic acids is 1. The molecule has 3 rings (SSSR count). The Morgan fingerprint density at radius 1 is 1.32 bits per heavy atom. The second kappa shape index (κ2) is 6.51. The largest absolute Gasteiger partial charge is 0.435 e. The zero-order valence-electron chi connectivity index (χ0n) is 13.7. The smallest absolute Gasteiger partial charge is 0.336 e. The first kappa shape index (κ1) is 17.5. The Morgan fingerprint density at radius 3 is 2.72 bits per heavy atom. The number of hydrogen-bond donors (Lipinski definition) is 1. The quantitative estimate of drug-likeness (QED) is 0.904. The fraction of sp³-hybridized carbons (Fsp3) is 0.412. The van der Waals surface area contributed by atoms with Crippen molar-refractivity contribution in [2.75, 3.05) is 6.54 Å². The Kier molecular flexibility index (Phi) is 4.55. The molecule has 2 atom stereocenters. The predicted molar refractivity (Wildman–Crippen MR) is 86.3 cm³/mol. The van der Waals surface area contributed by atoms with Crippen molar-refractivity contribution in [2.24, 2.45) is 5.73 Å². The summed E-state index contributed by atoms with van der Waals surface area (Å²) in [6, 6.07) is 7.48. The van der Waals surface area contributed by atoms with Gasteiger partial charge in [-0.25, -0.2) is 4.68 Å². The third kappa shape index (κ3) is 3.68. The van der Waals surface area contributed by atoms with Gasteiger partial charge in [-0.1, -0.05) is 6.07 Å². The SMILES string of the molecule is CC1CC(N)CCN1C(=O)c1cccc(-n2ccc(C(F)(F)F)n2)c1. The van der Waals surface area contributed by atoms with Gasteiger partial charge in [0.05, 0.1) is 5.69 Å². The van der Waals surface area contributed by atoms with Crippen LogP contribution < -0.4 is 5.73 Å². The van der Waals surface area contributed by atoms with Crippen molar-refractivity contribution in [3.63, 3.8) is 0 Å². The van der Waals surface area contributed by atoms with Crippen molar-refractivity contribution in [3.8, 4) is 5.69 Å². The highest BCUT2D eigenvalue weighted by Gasteiger charge is 2.33. The van der Waals surface area contributed by atoms with Gasteiger partial charge in [0.1, 0.15) is 0 Å². The number of likely N-dealkylation sites (tertiary alicyclic amines) is 1. The van der Waals surface area contributed by atoms with Gasteiger partial charge in [0, 0.05) is 30.4 Å². The molecule has 2 N–H and O–H groups in total. The maximum atomic E-state index is 12.7. The van der Waals surface area contributed by atoms with Gasteiger partial charge >= 0.3 is 6.18 Å². The molecule has 2 heterocycles. The van der Waals surface area contributed by atoms with Crippen molar-refractivity contribution in [1.29, 1.82) is 0 Å². The average molecular weight is 352 g/mol. The van der Waals surface area contributed by atoms with E-state index in [2.05, 4.69) is 5.10 Å². The minimum absolute atomic E-state index is 0.0291. The zero-order valence-corrected chi connectivity index (χ0v) is 13.7. The summed E-state index contributed by atoms with van der Waals surface area (Å²) < 4.78 is 39.2. The maximum absolute atomic E-state index is 12.7. The molecule has 25 heavy (non-hydrogen) atoms. The lowest BCUT2D eigenvalue weighted by atomic mass is 9.98. The van der Waals surface area contributed by atoms with Gasteiger partial charge in [0.15, 0.2) is 5.69 Å². The lowest BCUT2D eigenvalue weighted by Gasteiger charge is -2.36. The molecule has 1 saturated heterocycles. The van der Waals surface area contributed by atoms with E-state index >= 15 is 0 Å². The third-order valence-corrected chi connectivity index (χ3v) is 4.41. The summed E-state index contributed by atoms with van der Waals surface area (Å²) in [5.41, 5.74) is 5.78. The van der Waals surface area contributed by atoms with Gasteiger partial charge in [-0.3, -0.25) is 4.79 Å². The third-order valence-electron chi connectivity index (χ3n) is 4.41. The van der Waals surface area contributed by atoms with E-state index in [0.717, 1.165) is 23.6 Å². The summed E-state index contributed by atoms with van der Waals surface area (Å²) in [4.78, 5) is 14.5. The molecule has 1 aliphatic heterocycles. The zero-order chi connectivity index (χ0) is 18.2. The molecule has 1 aliphatic rings. The van der Waals surface area contributed by atoms with Crippen LogP contribution in [-0.2, 0) is 6.18 Å². The molecule has 1 amide bonds. The van der Waals surface area contributed by atoms with Gasteiger partial charge in [-0.05, 0) is 44.0 Å². The highest BCUT2D eigenvalue weighted by atomic mass is 19.4. The highest BCUT2D eigenvalue weighted by Crippen LogP contribution is 2.28. The predicted octanol–water partition coefficient (Wildman–Crippen LogP) is 2.84. The van der Waals surface area contributed by atoms with E-state index in [1.54, 1.807) is 29.2 Å². The molecule has 1 aromatic carbocycles. The molecule has 2 unspecified atom stereocenters. The van der Waals surface area contributed by atoms with Crippen molar-refractivity contribution < 1.29 is 18.0 Å². The van der Waals surface area contributed by atoms with Gasteiger partial charge in [0.25, 0.3) is 5.91 Å². The van der Waals surface area contributed by atoms with E-state index in [-0.39, 0.29) is 18.0 Å². The number of nitrogens with two attached hydrogens (primary N) is 1. The number of nitrogens with zero attached hydrogens (tertiary/aromatic N) is 3. The van der Waals surface area contributed by atoms with Crippen LogP contribution in [0.25, 0.3) is 5.69 Å². The fourth-order valence-electron chi connectivity index (χ4n) is 3.08. The van der Waals surface area contributed by atoms with Crippen molar-refractivity contribution in [1.82, 2.24) is 14.7 Å². The summed E-state index contributed by atoms with van der Waals surface area (Å²) in [6.45, 7) is 2.52. The van der Waals surface area contributed by atoms with Crippen LogP contribution in [0.15, 0.2) is 36.5 Å². The molecule has 0 radical (unpaired) electrons. The molecule has 134 valence electrons. The molecule has 2 aromatic rings. The first-order valence-corrected chi connectivity index (χ1v) is 8.05. The summed E-state index contributed by atoms with van der Waals surface area (Å²) in [7, 11) is 0. The van der Waals surface area contributed by atoms with Gasteiger partial charge < -0.3 is 10.6 Å². The standard InChI is InChI=1S/C17H19F3N4O/c1-11-9-13(21)5-7-23(11)16(25)12-3-2-4-14(10-12)24-8-6-15(22-24)17(18,19)20/h2-4,6,8,10-11,13H,5,7,9,21H2,1H3. The van der Waals surface area contributed by atoms with Crippen LogP contribution in [0.2, 0.25) is 0 Å². The molecule has 0 saturated carbocycles. The topological polar surface area (TPSA) is 64.2 Å². The molecule has 0 bridgehead atoms. The van der Waals surface area contributed by atoms with Crippen molar-refractivity contribution in [3.05, 3.63) is 47.8 Å². The van der Waals surface area contributed by atoms with Gasteiger partial charge in [0.2, 0.25) is 0 Å². The van der Waals surface area contributed by atoms with E-state index in [1.807, 2.05) is 6.92 Å². The maximum Gasteiger partial charge on any atom is 0.435 e. The second-order valence-corrected chi connectivity index (χ2v) is 6.33. The van der Waals surface area contributed by atoms with E-state index in [0.29, 0.717) is 17.8 Å². The first-order chi connectivity index (χ1) is 11.8. The Labute approximate surface area is 143 Å². The van der Waals surface area contributed by atoms with Crippen LogP contribution in [0.1, 0.15) is 35.8 Å². The first-order valence-electron chi connectivity index (χ1n) is 8.05. The molecule has 0 aliphatic carbocycles. The highest BCUT2D eigenvalue weighted by molar-refractivity contribution is 5.95. The fourth-order valence-corrected chi connectivity index (χ4v) is 3.08. The minimum Gasteiger partial charge on any atom is -0.336 e. The average Bonchev–Trinajstić information content (AvgIpc) is 3.05. The number of rotatable bonds is 2. The monoisotopic (exact) mass is 352 g/mol. The van der Waals surface area contributed by atoms with Crippen LogP contribution >= 0.6 is 0 Å². The normalized spacial score (nSPS) is 21.4. The summed E-state index contributed by atoms with van der Waals surface area (Å²) in [5, 5.41) is 3.54. The summed E-state index contributed by atoms with van der Waals surface area (Å²) >= 11 is 0. The molecule has 5 nitrogen and oxygen atoms in total. The number of benzene rings is 1. The van der Waals surface area contributed by atoms with Crippen LogP contribution in [0.5, 0.6) is 0 Å². The molecular formula is C17H19F3N4O. The number of alkyl halides is 3. The number of hydrogen-bond acceptors (Lipinski definition) is 3.